The van der Waals surface area contributed by atoms with E-state index in [4.69, 9.17) is 11.6 Å². The lowest BCUT2D eigenvalue weighted by Gasteiger charge is -2.27. The molecule has 0 heterocycles. The molecule has 0 radical (unpaired) electrons. The van der Waals surface area contributed by atoms with Crippen molar-refractivity contribution < 1.29 is 4.79 Å². The Balaban J connectivity index is 3.08. The Bertz CT molecular complexity index is 336. The molecule has 0 aliphatic rings. The van der Waals surface area contributed by atoms with Crippen molar-refractivity contribution in [2.75, 3.05) is 0 Å². The summed E-state index contributed by atoms with van der Waals surface area (Å²) in [7, 11) is 0. The fraction of sp³-hybridized carbons (Fsp3) is 0.364. The summed E-state index contributed by atoms with van der Waals surface area (Å²) < 4.78 is 0. The maximum absolute atomic E-state index is 10.7. The summed E-state index contributed by atoms with van der Waals surface area (Å²) in [4.78, 5) is 10.5. The number of alkyl halides is 1. The molecule has 1 nitrogen and oxygen atoms in total. The molecule has 0 saturated carbocycles. The van der Waals surface area contributed by atoms with Gasteiger partial charge in [-0.25, -0.2) is 0 Å². The topological polar surface area (TPSA) is 17.1 Å². The van der Waals surface area contributed by atoms with Gasteiger partial charge in [0.15, 0.2) is 0 Å². The first-order chi connectivity index (χ1) is 6.48. The number of carbonyl (C=O) groups is 1. The zero-order valence-electron chi connectivity index (χ0n) is 8.13. The molecule has 0 aromatic heterocycles. The largest absolute Gasteiger partial charge is 0.302 e. The lowest BCUT2D eigenvalue weighted by atomic mass is 9.82. The Labute approximate surface area is 97.6 Å². The summed E-state index contributed by atoms with van der Waals surface area (Å²) in [5.41, 5.74) is 0.811. The molecule has 0 saturated heterocycles. The van der Waals surface area contributed by atoms with Gasteiger partial charge < -0.3 is 4.79 Å². The van der Waals surface area contributed by atoms with E-state index in [1.54, 1.807) is 0 Å². The van der Waals surface area contributed by atoms with Crippen LogP contribution in [-0.4, -0.2) is 11.1 Å². The van der Waals surface area contributed by atoms with Gasteiger partial charge in [-0.15, -0.1) is 0 Å². The van der Waals surface area contributed by atoms with E-state index < -0.39 is 0 Å². The summed E-state index contributed by atoms with van der Waals surface area (Å²) in [5.74, 6) is 0. The average molecular weight is 276 g/mol. The van der Waals surface area contributed by atoms with Crippen molar-refractivity contribution in [1.29, 1.82) is 0 Å². The molecule has 0 aliphatic carbocycles. The molecule has 0 spiro atoms. The van der Waals surface area contributed by atoms with Crippen LogP contribution in [0.2, 0.25) is 5.02 Å². The van der Waals surface area contributed by atoms with E-state index in [0.29, 0.717) is 5.02 Å². The van der Waals surface area contributed by atoms with Gasteiger partial charge in [0.05, 0.1) is 4.83 Å². The molecule has 1 rings (SSSR count). The third kappa shape index (κ3) is 2.37. The van der Waals surface area contributed by atoms with Crippen LogP contribution in [0, 0.1) is 0 Å². The van der Waals surface area contributed by atoms with Gasteiger partial charge in [-0.05, 0) is 17.7 Å². The number of carbonyl (C=O) groups excluding carboxylic acids is 1. The van der Waals surface area contributed by atoms with E-state index in [-0.39, 0.29) is 10.2 Å². The van der Waals surface area contributed by atoms with Gasteiger partial charge in [0, 0.05) is 10.4 Å². The summed E-state index contributed by atoms with van der Waals surface area (Å²) in [6, 6.07) is 7.58. The molecule has 0 fully saturated rings. The van der Waals surface area contributed by atoms with Crippen molar-refractivity contribution in [3.63, 3.8) is 0 Å². The smallest absolute Gasteiger partial charge is 0.134 e. The Morgan fingerprint density at radius 1 is 1.50 bits per heavy atom. The Kier molecular flexibility index (Phi) is 3.73. The zero-order valence-corrected chi connectivity index (χ0v) is 10.5. The van der Waals surface area contributed by atoms with Crippen LogP contribution in [-0.2, 0) is 10.2 Å². The second-order valence-corrected chi connectivity index (χ2v) is 5.19. The lowest BCUT2D eigenvalue weighted by molar-refractivity contribution is -0.108. The normalized spacial score (nSPS) is 13.7. The van der Waals surface area contributed by atoms with Crippen LogP contribution in [0.4, 0.5) is 0 Å². The van der Waals surface area contributed by atoms with E-state index in [0.717, 1.165) is 11.8 Å². The first-order valence-electron chi connectivity index (χ1n) is 4.34. The van der Waals surface area contributed by atoms with Gasteiger partial charge in [-0.2, -0.15) is 0 Å². The molecule has 14 heavy (non-hydrogen) atoms. The molecule has 1 atom stereocenters. The molecule has 76 valence electrons. The van der Waals surface area contributed by atoms with Crippen LogP contribution in [0.25, 0.3) is 0 Å². The highest BCUT2D eigenvalue weighted by Crippen LogP contribution is 2.31. The SMILES string of the molecule is CC(C)(c1cccc(Cl)c1)C(Br)C=O. The summed E-state index contributed by atoms with van der Waals surface area (Å²) in [5, 5.41) is 0.696. The fourth-order valence-corrected chi connectivity index (χ4v) is 1.67. The minimum absolute atomic E-state index is 0.200. The van der Waals surface area contributed by atoms with Gasteiger partial charge >= 0.3 is 0 Å². The minimum Gasteiger partial charge on any atom is -0.302 e. The molecule has 1 aromatic rings. The third-order valence-corrected chi connectivity index (χ3v) is 3.97. The number of hydrogen-bond donors (Lipinski definition) is 0. The zero-order chi connectivity index (χ0) is 10.8. The molecule has 3 heteroatoms. The first-order valence-corrected chi connectivity index (χ1v) is 5.63. The standard InChI is InChI=1S/C11H12BrClO/c1-11(2,10(12)7-14)8-4-3-5-9(13)6-8/h3-7,10H,1-2H3. The number of rotatable bonds is 3. The molecule has 0 N–H and O–H groups in total. The Hall–Kier alpha value is -0.340. The minimum atomic E-state index is -0.243. The quantitative estimate of drug-likeness (QED) is 0.609. The number of halogens is 2. The molecule has 0 aliphatic heterocycles. The van der Waals surface area contributed by atoms with Crippen LogP contribution in [0.5, 0.6) is 0 Å². The number of benzene rings is 1. The first kappa shape index (κ1) is 11.7. The van der Waals surface area contributed by atoms with Crippen molar-refractivity contribution >= 4 is 33.8 Å². The van der Waals surface area contributed by atoms with Crippen LogP contribution in [0.3, 0.4) is 0 Å². The van der Waals surface area contributed by atoms with Crippen LogP contribution >= 0.6 is 27.5 Å². The van der Waals surface area contributed by atoms with Gasteiger partial charge in [-0.1, -0.05) is 53.5 Å². The van der Waals surface area contributed by atoms with E-state index in [1.165, 1.54) is 0 Å². The maximum atomic E-state index is 10.7. The second-order valence-electron chi connectivity index (χ2n) is 3.77. The van der Waals surface area contributed by atoms with E-state index >= 15 is 0 Å². The van der Waals surface area contributed by atoms with E-state index in [1.807, 2.05) is 38.1 Å². The van der Waals surface area contributed by atoms with Crippen molar-refractivity contribution in [3.05, 3.63) is 34.9 Å². The highest BCUT2D eigenvalue weighted by Gasteiger charge is 2.29. The van der Waals surface area contributed by atoms with E-state index in [9.17, 15) is 4.79 Å². The highest BCUT2D eigenvalue weighted by atomic mass is 79.9. The molecule has 1 unspecified atom stereocenters. The van der Waals surface area contributed by atoms with Crippen molar-refractivity contribution in [2.24, 2.45) is 0 Å². The van der Waals surface area contributed by atoms with Gasteiger partial charge in [0.2, 0.25) is 0 Å². The Morgan fingerprint density at radius 2 is 2.14 bits per heavy atom. The average Bonchev–Trinajstić information content (AvgIpc) is 2.16. The lowest BCUT2D eigenvalue weighted by Crippen LogP contribution is -2.30. The second kappa shape index (κ2) is 4.45. The molecule has 0 bridgehead atoms. The van der Waals surface area contributed by atoms with Crippen molar-refractivity contribution in [3.8, 4) is 0 Å². The predicted molar refractivity (Wildman–Crippen MR) is 63.3 cm³/mol. The predicted octanol–water partition coefficient (Wildman–Crippen LogP) is 3.58. The van der Waals surface area contributed by atoms with Gasteiger partial charge in [-0.3, -0.25) is 0 Å². The van der Waals surface area contributed by atoms with Crippen LogP contribution in [0.15, 0.2) is 24.3 Å². The van der Waals surface area contributed by atoms with Gasteiger partial charge in [0.1, 0.15) is 6.29 Å². The number of hydrogen-bond acceptors (Lipinski definition) is 1. The summed E-state index contributed by atoms with van der Waals surface area (Å²) >= 11 is 9.24. The summed E-state index contributed by atoms with van der Waals surface area (Å²) in [6.07, 6.45) is 0.904. The molecular weight excluding hydrogens is 263 g/mol. The van der Waals surface area contributed by atoms with Crippen LogP contribution < -0.4 is 0 Å². The molecule has 0 amide bonds. The monoisotopic (exact) mass is 274 g/mol. The fourth-order valence-electron chi connectivity index (χ4n) is 1.22. The van der Waals surface area contributed by atoms with Gasteiger partial charge in [0.25, 0.3) is 0 Å². The van der Waals surface area contributed by atoms with E-state index in [2.05, 4.69) is 15.9 Å². The molecule has 1 aromatic carbocycles. The third-order valence-electron chi connectivity index (χ3n) is 2.38. The van der Waals surface area contributed by atoms with Crippen molar-refractivity contribution in [2.45, 2.75) is 24.1 Å². The maximum Gasteiger partial charge on any atom is 0.134 e. The van der Waals surface area contributed by atoms with Crippen LogP contribution in [0.1, 0.15) is 19.4 Å². The van der Waals surface area contributed by atoms with Crippen molar-refractivity contribution in [1.82, 2.24) is 0 Å². The Morgan fingerprint density at radius 3 is 2.64 bits per heavy atom. The number of aldehydes is 1. The molecular formula is C11H12BrClO. The summed E-state index contributed by atoms with van der Waals surface area (Å²) in [6.45, 7) is 4.01. The highest BCUT2D eigenvalue weighted by molar-refractivity contribution is 9.10.